The Bertz CT molecular complexity index is 789. The van der Waals surface area contributed by atoms with Gasteiger partial charge in [-0.25, -0.2) is 8.61 Å². The Morgan fingerprint density at radius 1 is 0.571 bits per heavy atom. The van der Waals surface area contributed by atoms with Crippen LogP contribution in [0.5, 0.6) is 0 Å². The molecule has 3 aliphatic rings. The van der Waals surface area contributed by atoms with Crippen molar-refractivity contribution in [3.05, 3.63) is 23.3 Å². The van der Waals surface area contributed by atoms with Crippen molar-refractivity contribution in [2.75, 3.05) is 0 Å². The van der Waals surface area contributed by atoms with Gasteiger partial charge in [-0.15, -0.1) is 0 Å². The second-order valence-corrected chi connectivity index (χ2v) is 11.8. The number of fused-ring (bicyclic) bond motifs is 4. The minimum absolute atomic E-state index is 0.347. The molecular weight excluding hydrogens is 480 g/mol. The largest absolute Gasteiger partial charge is 0.268 e. The molecule has 3 heterocycles. The molecule has 1 fully saturated rings. The van der Waals surface area contributed by atoms with E-state index < -0.39 is 5.92 Å². The summed E-state index contributed by atoms with van der Waals surface area (Å²) >= 11 is 0. The Balaban J connectivity index is 1.29. The summed E-state index contributed by atoms with van der Waals surface area (Å²) in [5.74, 6) is -1.97. The van der Waals surface area contributed by atoms with Gasteiger partial charge in [0.25, 0.3) is 23.6 Å². The van der Waals surface area contributed by atoms with Crippen molar-refractivity contribution < 1.29 is 19.2 Å². The Morgan fingerprint density at radius 3 is 1.29 bits per heavy atom. The first kappa shape index (κ1) is 28.0. The van der Waals surface area contributed by atoms with E-state index in [1.165, 1.54) is 95.6 Å². The molecule has 0 atom stereocenters. The fraction of sp³-hybridized carbons (Fsp3) is 0.704. The van der Waals surface area contributed by atoms with Crippen LogP contribution in [0.4, 0.5) is 0 Å². The second-order valence-electron chi connectivity index (χ2n) is 9.87. The van der Waals surface area contributed by atoms with Gasteiger partial charge in [-0.1, -0.05) is 110 Å². The van der Waals surface area contributed by atoms with Gasteiger partial charge >= 0.3 is 0 Å². The van der Waals surface area contributed by atoms with Gasteiger partial charge in [-0.05, 0) is 6.42 Å². The lowest BCUT2D eigenvalue weighted by Crippen LogP contribution is -2.25. The van der Waals surface area contributed by atoms with Gasteiger partial charge in [0, 0.05) is 29.2 Å². The Kier molecular flexibility index (Phi) is 11.9. The molecule has 0 aromatic heterocycles. The van der Waals surface area contributed by atoms with E-state index in [0.717, 1.165) is 49.8 Å². The number of unbranched alkanes of at least 4 members (excludes halogenated alkanes) is 15. The highest BCUT2D eigenvalue weighted by atomic mass is 33.1. The third-order valence-corrected chi connectivity index (χ3v) is 9.25. The van der Waals surface area contributed by atoms with Crippen molar-refractivity contribution >= 4 is 45.6 Å². The van der Waals surface area contributed by atoms with Crippen LogP contribution in [-0.4, -0.2) is 32.2 Å². The van der Waals surface area contributed by atoms with Crippen LogP contribution in [0, 0.1) is 5.92 Å². The summed E-state index contributed by atoms with van der Waals surface area (Å²) in [7, 11) is 1.67. The van der Waals surface area contributed by atoms with E-state index in [0.29, 0.717) is 17.6 Å². The summed E-state index contributed by atoms with van der Waals surface area (Å²) in [5.41, 5.74) is 0.695. The molecule has 0 aliphatic carbocycles. The van der Waals surface area contributed by atoms with Crippen molar-refractivity contribution in [2.24, 2.45) is 5.92 Å². The molecule has 8 heteroatoms. The number of hydrogen-bond acceptors (Lipinski definition) is 6. The van der Waals surface area contributed by atoms with Gasteiger partial charge in [-0.3, -0.25) is 19.2 Å². The lowest BCUT2D eigenvalue weighted by molar-refractivity contribution is -0.132. The van der Waals surface area contributed by atoms with Gasteiger partial charge in [0.15, 0.2) is 0 Å². The smallest absolute Gasteiger partial charge is 0.268 e. The first-order valence-electron chi connectivity index (χ1n) is 13.6. The maximum Gasteiger partial charge on any atom is 0.268 e. The molecule has 0 aromatic carbocycles. The summed E-state index contributed by atoms with van der Waals surface area (Å²) in [4.78, 5) is 49.9. The molecule has 0 saturated carbocycles. The maximum absolute atomic E-state index is 12.7. The summed E-state index contributed by atoms with van der Waals surface area (Å²) in [6.45, 7) is 2.26. The monoisotopic (exact) mass is 520 g/mol. The van der Waals surface area contributed by atoms with Gasteiger partial charge < -0.3 is 0 Å². The van der Waals surface area contributed by atoms with E-state index in [2.05, 4.69) is 6.92 Å². The standard InChI is InChI=1S/C27H40N2O4S2/c1-2-3-4-5-6-7-8-9-10-11-12-13-14-15-16-17-18-21-22-19-24(30)28(26(22)32)34-35-29-25(31)20-23(21)27(29)33/h19-21H,2-18H2,1H3. The van der Waals surface area contributed by atoms with Gasteiger partial charge in [0.2, 0.25) is 0 Å². The zero-order valence-corrected chi connectivity index (χ0v) is 22.7. The van der Waals surface area contributed by atoms with Crippen molar-refractivity contribution in [3.8, 4) is 0 Å². The Hall–Kier alpha value is -1.54. The quantitative estimate of drug-likeness (QED) is 0.0884. The first-order chi connectivity index (χ1) is 17.0. The first-order valence-corrected chi connectivity index (χ1v) is 15.7. The molecule has 4 amide bonds. The predicted octanol–water partition coefficient (Wildman–Crippen LogP) is 7.07. The van der Waals surface area contributed by atoms with E-state index in [1.54, 1.807) is 0 Å². The molecule has 194 valence electrons. The number of nitrogens with zero attached hydrogens (tertiary/aromatic N) is 2. The van der Waals surface area contributed by atoms with Crippen LogP contribution in [-0.2, 0) is 19.2 Å². The molecule has 0 N–H and O–H groups in total. The number of amides is 4. The summed E-state index contributed by atoms with van der Waals surface area (Å²) in [6, 6.07) is 0. The highest BCUT2D eigenvalue weighted by Crippen LogP contribution is 2.44. The fourth-order valence-electron chi connectivity index (χ4n) is 5.02. The molecule has 3 rings (SSSR count). The number of rotatable bonds is 17. The van der Waals surface area contributed by atoms with E-state index in [4.69, 9.17) is 0 Å². The van der Waals surface area contributed by atoms with Crippen LogP contribution in [0.3, 0.4) is 0 Å². The van der Waals surface area contributed by atoms with Crippen molar-refractivity contribution in [3.63, 3.8) is 0 Å². The fourth-order valence-corrected chi connectivity index (χ4v) is 7.00. The zero-order valence-electron chi connectivity index (χ0n) is 21.1. The van der Waals surface area contributed by atoms with Crippen molar-refractivity contribution in [1.29, 1.82) is 0 Å². The second kappa shape index (κ2) is 14.9. The van der Waals surface area contributed by atoms with E-state index in [1.807, 2.05) is 0 Å². The Labute approximate surface area is 218 Å². The maximum atomic E-state index is 12.7. The van der Waals surface area contributed by atoms with E-state index in [9.17, 15) is 19.2 Å². The lowest BCUT2D eigenvalue weighted by atomic mass is 9.86. The molecule has 35 heavy (non-hydrogen) atoms. The van der Waals surface area contributed by atoms with Crippen molar-refractivity contribution in [1.82, 2.24) is 8.61 Å². The highest BCUT2D eigenvalue weighted by molar-refractivity contribution is 8.75. The average Bonchev–Trinajstić information content (AvgIpc) is 3.28. The minimum Gasteiger partial charge on any atom is -0.268 e. The van der Waals surface area contributed by atoms with Crippen LogP contribution < -0.4 is 0 Å². The third-order valence-electron chi connectivity index (χ3n) is 7.10. The molecule has 4 bridgehead atoms. The van der Waals surface area contributed by atoms with Gasteiger partial charge in [-0.2, -0.15) is 0 Å². The third kappa shape index (κ3) is 7.97. The van der Waals surface area contributed by atoms with E-state index in [-0.39, 0.29) is 23.6 Å². The summed E-state index contributed by atoms with van der Waals surface area (Å²) in [6.07, 6.45) is 23.8. The highest BCUT2D eigenvalue weighted by Gasteiger charge is 2.45. The number of imide groups is 2. The lowest BCUT2D eigenvalue weighted by Gasteiger charge is -2.17. The van der Waals surface area contributed by atoms with Crippen LogP contribution in [0.2, 0.25) is 0 Å². The normalized spacial score (nSPS) is 18.2. The number of hydrogen-bond donors (Lipinski definition) is 0. The van der Waals surface area contributed by atoms with Crippen LogP contribution in [0.15, 0.2) is 23.3 Å². The van der Waals surface area contributed by atoms with Crippen molar-refractivity contribution in [2.45, 2.75) is 116 Å². The minimum atomic E-state index is -0.483. The topological polar surface area (TPSA) is 74.8 Å². The predicted molar refractivity (Wildman–Crippen MR) is 143 cm³/mol. The molecule has 0 spiro atoms. The van der Waals surface area contributed by atoms with Crippen LogP contribution >= 0.6 is 22.0 Å². The molecule has 1 saturated heterocycles. The van der Waals surface area contributed by atoms with E-state index >= 15 is 0 Å². The number of carbonyl (C=O) groups excluding carboxylic acids is 4. The summed E-state index contributed by atoms with van der Waals surface area (Å²) < 4.78 is 2.09. The Morgan fingerprint density at radius 2 is 0.914 bits per heavy atom. The molecule has 0 aromatic rings. The van der Waals surface area contributed by atoms with Gasteiger partial charge in [0.1, 0.15) is 0 Å². The molecule has 0 unspecified atom stereocenters. The molecule has 6 nitrogen and oxygen atoms in total. The zero-order chi connectivity index (χ0) is 25.0. The molecular formula is C27H40N2O4S2. The van der Waals surface area contributed by atoms with Gasteiger partial charge in [0.05, 0.1) is 22.0 Å². The van der Waals surface area contributed by atoms with Crippen LogP contribution in [0.1, 0.15) is 116 Å². The summed E-state index contributed by atoms with van der Waals surface area (Å²) in [5, 5.41) is 0. The SMILES string of the molecule is CCCCCCCCCCCCCCCCCCC1C2=CC(=O)N(SSN3C(=O)C=C1C3=O)C2=O. The average molecular weight is 521 g/mol. The molecule has 3 aliphatic heterocycles. The molecule has 0 radical (unpaired) electrons. The van der Waals surface area contributed by atoms with Crippen LogP contribution in [0.25, 0.3) is 0 Å². The number of carbonyl (C=O) groups is 4.